The zero-order chi connectivity index (χ0) is 14.0. The molecule has 1 N–H and O–H groups in total. The Kier molecular flexibility index (Phi) is 3.72. The topological polar surface area (TPSA) is 65.9 Å². The number of ether oxygens (including phenoxy) is 1. The largest absolute Gasteiger partial charge is 0.497 e. The number of rotatable bonds is 2. The molecule has 1 aromatic carbocycles. The molecule has 1 aromatic heterocycles. The Labute approximate surface area is 118 Å². The van der Waals surface area contributed by atoms with Crippen LogP contribution in [0.2, 0.25) is 0 Å². The highest BCUT2D eigenvalue weighted by Gasteiger charge is 2.15. The number of hydrogen-bond acceptors (Lipinski definition) is 3. The van der Waals surface area contributed by atoms with Crippen molar-refractivity contribution in [3.63, 3.8) is 0 Å². The first-order valence-corrected chi connectivity index (χ1v) is 6.34. The van der Waals surface area contributed by atoms with Crippen LogP contribution in [0, 0.1) is 18.3 Å². The summed E-state index contributed by atoms with van der Waals surface area (Å²) in [6.07, 6.45) is 0. The monoisotopic (exact) mass is 318 g/mol. The number of aromatic amines is 1. The van der Waals surface area contributed by atoms with Gasteiger partial charge in [-0.1, -0.05) is 12.1 Å². The van der Waals surface area contributed by atoms with Gasteiger partial charge in [-0.3, -0.25) is 4.79 Å². The quantitative estimate of drug-likeness (QED) is 0.925. The second kappa shape index (κ2) is 5.29. The maximum Gasteiger partial charge on any atom is 0.266 e. The second-order valence-electron chi connectivity index (χ2n) is 3.98. The van der Waals surface area contributed by atoms with Crippen molar-refractivity contribution in [3.05, 3.63) is 50.3 Å². The molecule has 0 fully saturated rings. The molecule has 0 atom stereocenters. The minimum absolute atomic E-state index is 0.0997. The lowest BCUT2D eigenvalue weighted by atomic mass is 10.0. The van der Waals surface area contributed by atoms with Gasteiger partial charge in [-0.2, -0.15) is 5.26 Å². The maximum atomic E-state index is 11.8. The first-order valence-electron chi connectivity index (χ1n) is 5.55. The SMILES string of the molecule is COc1ccc(-c2c(Br)c(C)[nH]c(=O)c2C#N)cc1. The third-order valence-electron chi connectivity index (χ3n) is 2.82. The third-order valence-corrected chi connectivity index (χ3v) is 3.81. The van der Waals surface area contributed by atoms with E-state index in [9.17, 15) is 4.79 Å². The molecule has 4 nitrogen and oxygen atoms in total. The van der Waals surface area contributed by atoms with Crippen LogP contribution in [0.4, 0.5) is 0 Å². The van der Waals surface area contributed by atoms with E-state index in [-0.39, 0.29) is 11.1 Å². The molecule has 2 rings (SSSR count). The van der Waals surface area contributed by atoms with E-state index in [4.69, 9.17) is 10.00 Å². The number of pyridine rings is 1. The Morgan fingerprint density at radius 1 is 1.32 bits per heavy atom. The number of H-pyrrole nitrogens is 1. The van der Waals surface area contributed by atoms with Crippen LogP contribution in [0.15, 0.2) is 33.5 Å². The predicted octanol–water partition coefficient (Wildman–Crippen LogP) is 2.99. The molecular weight excluding hydrogens is 308 g/mol. The molecule has 0 saturated heterocycles. The fraction of sp³-hybridized carbons (Fsp3) is 0.143. The Morgan fingerprint density at radius 3 is 2.47 bits per heavy atom. The van der Waals surface area contributed by atoms with Crippen molar-refractivity contribution in [2.45, 2.75) is 6.92 Å². The number of aryl methyl sites for hydroxylation is 1. The van der Waals surface area contributed by atoms with Crippen LogP contribution in [-0.2, 0) is 0 Å². The highest BCUT2D eigenvalue weighted by atomic mass is 79.9. The lowest BCUT2D eigenvalue weighted by Gasteiger charge is -2.10. The smallest absolute Gasteiger partial charge is 0.266 e. The maximum absolute atomic E-state index is 11.8. The summed E-state index contributed by atoms with van der Waals surface area (Å²) < 4.78 is 5.81. The van der Waals surface area contributed by atoms with Crippen LogP contribution >= 0.6 is 15.9 Å². The van der Waals surface area contributed by atoms with Crippen molar-refractivity contribution in [2.24, 2.45) is 0 Å². The van der Waals surface area contributed by atoms with Crippen molar-refractivity contribution in [3.8, 4) is 22.9 Å². The predicted molar refractivity (Wildman–Crippen MR) is 76.2 cm³/mol. The Morgan fingerprint density at radius 2 is 1.95 bits per heavy atom. The van der Waals surface area contributed by atoms with Gasteiger partial charge >= 0.3 is 0 Å². The lowest BCUT2D eigenvalue weighted by molar-refractivity contribution is 0.415. The van der Waals surface area contributed by atoms with Gasteiger partial charge in [0.25, 0.3) is 5.56 Å². The van der Waals surface area contributed by atoms with Gasteiger partial charge in [0.2, 0.25) is 0 Å². The third kappa shape index (κ3) is 2.40. The van der Waals surface area contributed by atoms with Crippen LogP contribution in [0.3, 0.4) is 0 Å². The molecular formula is C14H11BrN2O2. The number of methoxy groups -OCH3 is 1. The Balaban J connectivity index is 2.73. The lowest BCUT2D eigenvalue weighted by Crippen LogP contribution is -2.13. The average molecular weight is 319 g/mol. The number of halogens is 1. The number of nitrogens with one attached hydrogen (secondary N) is 1. The molecule has 19 heavy (non-hydrogen) atoms. The molecule has 0 unspecified atom stereocenters. The molecule has 0 amide bonds. The van der Waals surface area contributed by atoms with Gasteiger partial charge in [-0.15, -0.1) is 0 Å². The molecule has 1 heterocycles. The van der Waals surface area contributed by atoms with Crippen LogP contribution in [-0.4, -0.2) is 12.1 Å². The van der Waals surface area contributed by atoms with E-state index in [0.29, 0.717) is 15.7 Å². The summed E-state index contributed by atoms with van der Waals surface area (Å²) in [7, 11) is 1.59. The minimum atomic E-state index is -0.381. The standard InChI is InChI=1S/C14H11BrN2O2/c1-8-13(15)12(11(7-16)14(18)17-8)9-3-5-10(19-2)6-4-9/h3-6H,1-2H3,(H,17,18). The van der Waals surface area contributed by atoms with E-state index in [1.807, 2.05) is 18.2 Å². The highest BCUT2D eigenvalue weighted by molar-refractivity contribution is 9.10. The fourth-order valence-electron chi connectivity index (χ4n) is 1.83. The van der Waals surface area contributed by atoms with Crippen LogP contribution in [0.5, 0.6) is 5.75 Å². The number of aromatic nitrogens is 1. The molecule has 2 aromatic rings. The molecule has 0 aliphatic heterocycles. The van der Waals surface area contributed by atoms with Crippen molar-refractivity contribution in [1.29, 1.82) is 5.26 Å². The second-order valence-corrected chi connectivity index (χ2v) is 4.78. The van der Waals surface area contributed by atoms with Gasteiger partial charge in [0.05, 0.1) is 7.11 Å². The van der Waals surface area contributed by atoms with Crippen molar-refractivity contribution < 1.29 is 4.74 Å². The molecule has 0 saturated carbocycles. The molecule has 0 aliphatic rings. The number of hydrogen-bond donors (Lipinski definition) is 1. The number of benzene rings is 1. The van der Waals surface area contributed by atoms with E-state index in [0.717, 1.165) is 11.3 Å². The minimum Gasteiger partial charge on any atom is -0.497 e. The van der Waals surface area contributed by atoms with Crippen LogP contribution in [0.25, 0.3) is 11.1 Å². The van der Waals surface area contributed by atoms with Crippen molar-refractivity contribution in [2.75, 3.05) is 7.11 Å². The highest BCUT2D eigenvalue weighted by Crippen LogP contribution is 2.32. The molecule has 5 heteroatoms. The van der Waals surface area contributed by atoms with E-state index in [1.165, 1.54) is 0 Å². The van der Waals surface area contributed by atoms with Crippen LogP contribution in [0.1, 0.15) is 11.3 Å². The summed E-state index contributed by atoms with van der Waals surface area (Å²) in [5.74, 6) is 0.722. The zero-order valence-corrected chi connectivity index (χ0v) is 12.0. The van der Waals surface area contributed by atoms with Gasteiger partial charge in [0.1, 0.15) is 17.4 Å². The molecule has 0 radical (unpaired) electrons. The Hall–Kier alpha value is -2.06. The van der Waals surface area contributed by atoms with Gasteiger partial charge < -0.3 is 9.72 Å². The molecule has 0 bridgehead atoms. The van der Waals surface area contributed by atoms with Crippen LogP contribution < -0.4 is 10.3 Å². The van der Waals surface area contributed by atoms with E-state index in [1.54, 1.807) is 26.2 Å². The fourth-order valence-corrected chi connectivity index (χ4v) is 2.36. The first-order chi connectivity index (χ1) is 9.08. The molecule has 0 spiro atoms. The summed E-state index contributed by atoms with van der Waals surface area (Å²) in [5.41, 5.74) is 1.80. The molecule has 96 valence electrons. The van der Waals surface area contributed by atoms with E-state index >= 15 is 0 Å². The summed E-state index contributed by atoms with van der Waals surface area (Å²) >= 11 is 3.43. The van der Waals surface area contributed by atoms with E-state index in [2.05, 4.69) is 20.9 Å². The van der Waals surface area contributed by atoms with Crippen molar-refractivity contribution in [1.82, 2.24) is 4.98 Å². The normalized spacial score (nSPS) is 10.0. The molecule has 0 aliphatic carbocycles. The van der Waals surface area contributed by atoms with Crippen molar-refractivity contribution >= 4 is 15.9 Å². The van der Waals surface area contributed by atoms with Gasteiger partial charge in [-0.25, -0.2) is 0 Å². The summed E-state index contributed by atoms with van der Waals surface area (Å²) in [4.78, 5) is 14.5. The van der Waals surface area contributed by atoms with Gasteiger partial charge in [0, 0.05) is 15.7 Å². The van der Waals surface area contributed by atoms with E-state index < -0.39 is 0 Å². The Bertz CT molecular complexity index is 712. The number of nitrogens with zero attached hydrogens (tertiary/aromatic N) is 1. The zero-order valence-electron chi connectivity index (χ0n) is 10.5. The summed E-state index contributed by atoms with van der Waals surface area (Å²) in [6.45, 7) is 1.78. The summed E-state index contributed by atoms with van der Waals surface area (Å²) in [6, 6.07) is 9.17. The number of nitriles is 1. The van der Waals surface area contributed by atoms with Gasteiger partial charge in [0.15, 0.2) is 0 Å². The van der Waals surface area contributed by atoms with Gasteiger partial charge in [-0.05, 0) is 40.5 Å². The average Bonchev–Trinajstić information content (AvgIpc) is 2.42. The summed E-state index contributed by atoms with van der Waals surface area (Å²) in [5, 5.41) is 9.16. The first kappa shape index (κ1) is 13.4.